The highest BCUT2D eigenvalue weighted by Gasteiger charge is 2.32. The Morgan fingerprint density at radius 2 is 2.00 bits per heavy atom. The van der Waals surface area contributed by atoms with Crippen LogP contribution in [0.15, 0.2) is 22.6 Å². The van der Waals surface area contributed by atoms with Crippen LogP contribution < -0.4 is 5.32 Å². The van der Waals surface area contributed by atoms with Gasteiger partial charge in [-0.05, 0) is 31.9 Å². The zero-order valence-electron chi connectivity index (χ0n) is 13.0. The van der Waals surface area contributed by atoms with Crippen LogP contribution in [0.25, 0.3) is 11.1 Å². The molecule has 0 fully saturated rings. The number of aromatic nitrogens is 1. The molecule has 2 aromatic heterocycles. The summed E-state index contributed by atoms with van der Waals surface area (Å²) < 4.78 is 5.50. The van der Waals surface area contributed by atoms with Crippen LogP contribution in [0, 0.1) is 6.92 Å². The minimum Gasteiger partial charge on any atom is -0.481 e. The van der Waals surface area contributed by atoms with Crippen LogP contribution in [0.2, 0.25) is 0 Å². The molecule has 0 saturated heterocycles. The van der Waals surface area contributed by atoms with Crippen molar-refractivity contribution < 1.29 is 19.1 Å². The van der Waals surface area contributed by atoms with Crippen LogP contribution in [-0.4, -0.2) is 27.5 Å². The normalized spacial score (nSPS) is 11.6. The largest absolute Gasteiger partial charge is 0.481 e. The number of rotatable bonds is 6. The average Bonchev–Trinajstić information content (AvgIpc) is 2.89. The van der Waals surface area contributed by atoms with Gasteiger partial charge < -0.3 is 14.8 Å². The number of carbonyl (C=O) groups excluding carboxylic acids is 1. The zero-order valence-corrected chi connectivity index (χ0v) is 13.0. The van der Waals surface area contributed by atoms with Crippen LogP contribution >= 0.6 is 0 Å². The molecule has 2 aromatic rings. The zero-order chi connectivity index (χ0) is 16.3. The topological polar surface area (TPSA) is 92.4 Å². The molecule has 0 unspecified atom stereocenters. The second kappa shape index (κ2) is 6.17. The first-order valence-electron chi connectivity index (χ1n) is 7.30. The van der Waals surface area contributed by atoms with Gasteiger partial charge in [-0.15, -0.1) is 0 Å². The molecular formula is C16H20N2O4. The smallest absolute Gasteiger partial charge is 0.305 e. The molecule has 0 bridgehead atoms. The van der Waals surface area contributed by atoms with Gasteiger partial charge in [0.1, 0.15) is 5.52 Å². The molecule has 2 heterocycles. The molecule has 6 nitrogen and oxygen atoms in total. The van der Waals surface area contributed by atoms with Crippen molar-refractivity contribution in [3.8, 4) is 0 Å². The van der Waals surface area contributed by atoms with Crippen LogP contribution in [0.1, 0.15) is 49.4 Å². The molecule has 2 rings (SSSR count). The van der Waals surface area contributed by atoms with E-state index in [9.17, 15) is 9.59 Å². The Hall–Kier alpha value is -2.37. The van der Waals surface area contributed by atoms with Gasteiger partial charge in [0.25, 0.3) is 5.91 Å². The fourth-order valence-electron chi connectivity index (χ4n) is 2.45. The quantitative estimate of drug-likeness (QED) is 0.856. The maximum absolute atomic E-state index is 12.4. The van der Waals surface area contributed by atoms with Gasteiger partial charge in [0.05, 0.1) is 12.0 Å². The number of carboxylic acids is 1. The maximum atomic E-state index is 12.4. The molecule has 0 atom stereocenters. The van der Waals surface area contributed by atoms with Gasteiger partial charge in [0.2, 0.25) is 0 Å². The van der Waals surface area contributed by atoms with Gasteiger partial charge in [0, 0.05) is 11.8 Å². The third-order valence-electron chi connectivity index (χ3n) is 3.96. The number of carbonyl (C=O) groups is 2. The van der Waals surface area contributed by atoms with Gasteiger partial charge in [0.15, 0.2) is 11.3 Å². The number of aryl methyl sites for hydroxylation is 1. The van der Waals surface area contributed by atoms with Crippen molar-refractivity contribution in [2.75, 3.05) is 0 Å². The van der Waals surface area contributed by atoms with E-state index < -0.39 is 17.4 Å². The third kappa shape index (κ3) is 3.27. The van der Waals surface area contributed by atoms with E-state index >= 15 is 0 Å². The Morgan fingerprint density at radius 1 is 1.32 bits per heavy atom. The Morgan fingerprint density at radius 3 is 2.59 bits per heavy atom. The molecule has 0 saturated carbocycles. The molecule has 0 spiro atoms. The van der Waals surface area contributed by atoms with Crippen molar-refractivity contribution in [1.29, 1.82) is 0 Å². The van der Waals surface area contributed by atoms with E-state index in [2.05, 4.69) is 10.3 Å². The molecule has 1 amide bonds. The van der Waals surface area contributed by atoms with Crippen LogP contribution in [0.3, 0.4) is 0 Å². The fraction of sp³-hybridized carbons (Fsp3) is 0.438. The number of aliphatic carboxylic acids is 1. The minimum absolute atomic E-state index is 0.122. The molecule has 0 aromatic carbocycles. The Balaban J connectivity index is 2.26. The molecule has 0 radical (unpaired) electrons. The molecule has 2 N–H and O–H groups in total. The lowest BCUT2D eigenvalue weighted by atomic mass is 9.89. The van der Waals surface area contributed by atoms with E-state index in [4.69, 9.17) is 9.52 Å². The van der Waals surface area contributed by atoms with E-state index in [0.29, 0.717) is 23.9 Å². The predicted octanol–water partition coefficient (Wildman–Crippen LogP) is 2.90. The highest BCUT2D eigenvalue weighted by Crippen LogP contribution is 2.23. The number of amides is 1. The van der Waals surface area contributed by atoms with Crippen LogP contribution in [-0.2, 0) is 4.79 Å². The molecular weight excluding hydrogens is 284 g/mol. The maximum Gasteiger partial charge on any atom is 0.305 e. The molecule has 0 aliphatic heterocycles. The minimum atomic E-state index is -0.939. The average molecular weight is 304 g/mol. The van der Waals surface area contributed by atoms with E-state index in [1.165, 1.54) is 0 Å². The van der Waals surface area contributed by atoms with Crippen molar-refractivity contribution in [2.24, 2.45) is 0 Å². The summed E-state index contributed by atoms with van der Waals surface area (Å²) >= 11 is 0. The van der Waals surface area contributed by atoms with Gasteiger partial charge in [-0.25, -0.2) is 4.98 Å². The lowest BCUT2D eigenvalue weighted by molar-refractivity contribution is -0.138. The molecule has 22 heavy (non-hydrogen) atoms. The summed E-state index contributed by atoms with van der Waals surface area (Å²) in [5, 5.41) is 11.9. The Labute approximate surface area is 128 Å². The SMILES string of the molecule is CCC(CC)(CC(=O)O)NC(=O)c1cc2nc(C)ccc2o1. The van der Waals surface area contributed by atoms with E-state index in [-0.39, 0.29) is 12.2 Å². The number of carboxylic acid groups (broad SMARTS) is 1. The molecule has 0 aliphatic carbocycles. The van der Waals surface area contributed by atoms with Gasteiger partial charge in [-0.2, -0.15) is 0 Å². The van der Waals surface area contributed by atoms with Crippen molar-refractivity contribution in [3.05, 3.63) is 29.7 Å². The van der Waals surface area contributed by atoms with Crippen molar-refractivity contribution >= 4 is 23.0 Å². The second-order valence-electron chi connectivity index (χ2n) is 5.46. The van der Waals surface area contributed by atoms with Crippen molar-refractivity contribution in [1.82, 2.24) is 10.3 Å². The summed E-state index contributed by atoms with van der Waals surface area (Å²) in [5.74, 6) is -1.21. The van der Waals surface area contributed by atoms with E-state index in [1.807, 2.05) is 20.8 Å². The summed E-state index contributed by atoms with van der Waals surface area (Å²) in [6.45, 7) is 5.57. The summed E-state index contributed by atoms with van der Waals surface area (Å²) in [7, 11) is 0. The summed E-state index contributed by atoms with van der Waals surface area (Å²) in [5.41, 5.74) is 1.21. The first-order valence-corrected chi connectivity index (χ1v) is 7.30. The highest BCUT2D eigenvalue weighted by atomic mass is 16.4. The molecule has 6 heteroatoms. The number of nitrogens with one attached hydrogen (secondary N) is 1. The number of nitrogens with zero attached hydrogens (tertiary/aromatic N) is 1. The van der Waals surface area contributed by atoms with Crippen LogP contribution in [0.5, 0.6) is 0 Å². The second-order valence-corrected chi connectivity index (χ2v) is 5.46. The van der Waals surface area contributed by atoms with Crippen LogP contribution in [0.4, 0.5) is 0 Å². The number of hydrogen-bond acceptors (Lipinski definition) is 4. The van der Waals surface area contributed by atoms with Crippen molar-refractivity contribution in [2.45, 2.75) is 45.6 Å². The molecule has 0 aliphatic rings. The summed E-state index contributed by atoms with van der Waals surface area (Å²) in [6, 6.07) is 5.15. The Bertz CT molecular complexity index is 701. The first-order chi connectivity index (χ1) is 10.4. The third-order valence-corrected chi connectivity index (χ3v) is 3.96. The van der Waals surface area contributed by atoms with Gasteiger partial charge in [-0.3, -0.25) is 9.59 Å². The monoisotopic (exact) mass is 304 g/mol. The first kappa shape index (κ1) is 16.0. The van der Waals surface area contributed by atoms with E-state index in [1.54, 1.807) is 18.2 Å². The van der Waals surface area contributed by atoms with Gasteiger partial charge >= 0.3 is 5.97 Å². The van der Waals surface area contributed by atoms with Crippen molar-refractivity contribution in [3.63, 3.8) is 0 Å². The predicted molar refractivity (Wildman–Crippen MR) is 81.8 cm³/mol. The Kier molecular flexibility index (Phi) is 4.49. The summed E-state index contributed by atoms with van der Waals surface area (Å²) in [4.78, 5) is 27.7. The van der Waals surface area contributed by atoms with E-state index in [0.717, 1.165) is 5.69 Å². The number of fused-ring (bicyclic) bond motifs is 1. The fourth-order valence-corrected chi connectivity index (χ4v) is 2.45. The number of hydrogen-bond donors (Lipinski definition) is 2. The lowest BCUT2D eigenvalue weighted by Gasteiger charge is -2.30. The standard InChI is InChI=1S/C16H20N2O4/c1-4-16(5-2,9-14(19)20)18-15(21)13-8-11-12(22-13)7-6-10(3)17-11/h6-8H,4-5,9H2,1-3H3,(H,18,21)(H,19,20). The lowest BCUT2D eigenvalue weighted by Crippen LogP contribution is -2.49. The van der Waals surface area contributed by atoms with Gasteiger partial charge in [-0.1, -0.05) is 13.8 Å². The molecule has 118 valence electrons. The number of furan rings is 1. The number of pyridine rings is 1. The highest BCUT2D eigenvalue weighted by molar-refractivity contribution is 5.96. The summed E-state index contributed by atoms with van der Waals surface area (Å²) in [6.07, 6.45) is 0.932.